The van der Waals surface area contributed by atoms with Gasteiger partial charge in [-0.05, 0) is 36.8 Å². The van der Waals surface area contributed by atoms with Crippen LogP contribution in [0.5, 0.6) is 0 Å². The zero-order chi connectivity index (χ0) is 16.5. The van der Waals surface area contributed by atoms with E-state index >= 15 is 0 Å². The largest absolute Gasteiger partial charge is 0.325 e. The molecular formula is C19H27N3O2+2. The van der Waals surface area contributed by atoms with Gasteiger partial charge in [-0.2, -0.15) is 0 Å². The van der Waals surface area contributed by atoms with Crippen LogP contribution in [0.2, 0.25) is 0 Å². The maximum atomic E-state index is 10.7. The third-order valence-electron chi connectivity index (χ3n) is 6.23. The van der Waals surface area contributed by atoms with Crippen molar-refractivity contribution in [1.82, 2.24) is 0 Å². The molecule has 1 aromatic carbocycles. The molecule has 0 spiro atoms. The van der Waals surface area contributed by atoms with Crippen LogP contribution < -0.4 is 9.80 Å². The van der Waals surface area contributed by atoms with Gasteiger partial charge >= 0.3 is 0 Å². The number of nitro groups is 1. The minimum absolute atomic E-state index is 0.183. The van der Waals surface area contributed by atoms with Crippen LogP contribution in [-0.2, 0) is 6.54 Å². The fourth-order valence-corrected chi connectivity index (χ4v) is 4.86. The molecule has 2 bridgehead atoms. The summed E-state index contributed by atoms with van der Waals surface area (Å²) in [5.74, 6) is 2.67. The monoisotopic (exact) mass is 329 g/mol. The molecule has 1 heterocycles. The molecule has 1 saturated heterocycles. The number of piperazine rings is 1. The molecule has 0 unspecified atom stereocenters. The van der Waals surface area contributed by atoms with E-state index in [-0.39, 0.29) is 10.6 Å². The molecule has 5 heteroatoms. The Morgan fingerprint density at radius 3 is 2.29 bits per heavy atom. The molecule has 1 aliphatic heterocycles. The average molecular weight is 329 g/mol. The van der Waals surface area contributed by atoms with E-state index in [1.807, 2.05) is 12.1 Å². The third-order valence-corrected chi connectivity index (χ3v) is 6.23. The molecule has 1 saturated carbocycles. The quantitative estimate of drug-likeness (QED) is 0.457. The Labute approximate surface area is 143 Å². The van der Waals surface area contributed by atoms with E-state index in [1.54, 1.807) is 21.9 Å². The first-order valence-electron chi connectivity index (χ1n) is 9.26. The van der Waals surface area contributed by atoms with E-state index in [1.165, 1.54) is 51.1 Å². The fraction of sp³-hybridized carbons (Fsp3) is 0.579. The fourth-order valence-electron chi connectivity index (χ4n) is 4.86. The molecule has 2 aliphatic carbocycles. The topological polar surface area (TPSA) is 52.0 Å². The minimum Gasteiger partial charge on any atom is -0.325 e. The van der Waals surface area contributed by atoms with Gasteiger partial charge in [-0.15, -0.1) is 0 Å². The molecule has 0 amide bonds. The molecule has 24 heavy (non-hydrogen) atoms. The normalized spacial score (nSPS) is 34.6. The van der Waals surface area contributed by atoms with Crippen LogP contribution in [0.4, 0.5) is 5.69 Å². The highest BCUT2D eigenvalue weighted by Crippen LogP contribution is 2.42. The van der Waals surface area contributed by atoms with Gasteiger partial charge < -0.3 is 9.80 Å². The molecule has 5 nitrogen and oxygen atoms in total. The Balaban J connectivity index is 1.24. The van der Waals surface area contributed by atoms with Gasteiger partial charge in [0.05, 0.1) is 11.5 Å². The van der Waals surface area contributed by atoms with E-state index in [0.29, 0.717) is 0 Å². The summed E-state index contributed by atoms with van der Waals surface area (Å²) in [5, 5.41) is 10.7. The predicted octanol–water partition coefficient (Wildman–Crippen LogP) is 0.0904. The van der Waals surface area contributed by atoms with Crippen LogP contribution in [0.25, 0.3) is 0 Å². The van der Waals surface area contributed by atoms with E-state index in [2.05, 4.69) is 12.2 Å². The van der Waals surface area contributed by atoms with Crippen LogP contribution >= 0.6 is 0 Å². The van der Waals surface area contributed by atoms with Gasteiger partial charge in [0.2, 0.25) is 0 Å². The number of hydrogen-bond acceptors (Lipinski definition) is 2. The standard InChI is InChI=1S/C19H25N3O2/c23-22(24)19-5-2-15(3-6-19)13-20-7-9-21(10-8-20)14-18-12-16-1-4-17(18)11-16/h1-6,16-18H,7-14H2/p+2/t16-,17+,18+/m1/s1. The van der Waals surface area contributed by atoms with Crippen molar-refractivity contribution in [3.8, 4) is 0 Å². The molecule has 1 aromatic rings. The zero-order valence-corrected chi connectivity index (χ0v) is 14.1. The van der Waals surface area contributed by atoms with Gasteiger partial charge in [0, 0.05) is 23.6 Å². The van der Waals surface area contributed by atoms with Gasteiger partial charge in [-0.3, -0.25) is 10.1 Å². The number of benzene rings is 1. The summed E-state index contributed by atoms with van der Waals surface area (Å²) in [6.45, 7) is 7.30. The summed E-state index contributed by atoms with van der Waals surface area (Å²) in [6, 6.07) is 7.07. The highest BCUT2D eigenvalue weighted by atomic mass is 16.6. The molecule has 0 radical (unpaired) electrons. The molecule has 3 atom stereocenters. The maximum absolute atomic E-state index is 10.7. The average Bonchev–Trinajstić information content (AvgIpc) is 3.20. The van der Waals surface area contributed by atoms with Crippen molar-refractivity contribution >= 4 is 5.69 Å². The van der Waals surface area contributed by atoms with Crippen molar-refractivity contribution in [3.63, 3.8) is 0 Å². The molecule has 4 rings (SSSR count). The first kappa shape index (κ1) is 15.8. The number of nitrogens with one attached hydrogen (secondary N) is 2. The highest BCUT2D eigenvalue weighted by molar-refractivity contribution is 5.32. The van der Waals surface area contributed by atoms with E-state index in [4.69, 9.17) is 0 Å². The first-order chi connectivity index (χ1) is 11.7. The Bertz CT molecular complexity index is 620. The minimum atomic E-state index is -0.330. The van der Waals surface area contributed by atoms with E-state index < -0.39 is 0 Å². The van der Waals surface area contributed by atoms with Crippen LogP contribution in [0.1, 0.15) is 18.4 Å². The second-order valence-corrected chi connectivity index (χ2v) is 7.84. The zero-order valence-electron chi connectivity index (χ0n) is 14.1. The lowest BCUT2D eigenvalue weighted by Crippen LogP contribution is -3.27. The number of hydrogen-bond donors (Lipinski definition) is 2. The number of nitrogens with zero attached hydrogens (tertiary/aromatic N) is 1. The van der Waals surface area contributed by atoms with Crippen LogP contribution in [0, 0.1) is 27.9 Å². The van der Waals surface area contributed by atoms with Gasteiger partial charge in [-0.25, -0.2) is 0 Å². The van der Waals surface area contributed by atoms with Crippen LogP contribution in [0.15, 0.2) is 36.4 Å². The van der Waals surface area contributed by atoms with E-state index in [9.17, 15) is 10.1 Å². The smallest absolute Gasteiger partial charge is 0.269 e. The number of allylic oxidation sites excluding steroid dienone is 2. The Kier molecular flexibility index (Phi) is 4.37. The van der Waals surface area contributed by atoms with Crippen molar-refractivity contribution in [2.75, 3.05) is 32.7 Å². The molecular weight excluding hydrogens is 302 g/mol. The lowest BCUT2D eigenvalue weighted by atomic mass is 9.93. The SMILES string of the molecule is O=[N+]([O-])c1ccc(C[NH+]2CC[NH+](C[C@@H]3C[C@@H]4C=C[C@H]3C4)CC2)cc1. The molecule has 0 aromatic heterocycles. The first-order valence-corrected chi connectivity index (χ1v) is 9.26. The Hall–Kier alpha value is -1.72. The van der Waals surface area contributed by atoms with Gasteiger partial charge in [0.1, 0.15) is 32.7 Å². The van der Waals surface area contributed by atoms with Crippen molar-refractivity contribution in [2.45, 2.75) is 19.4 Å². The van der Waals surface area contributed by atoms with Crippen LogP contribution in [-0.4, -0.2) is 37.6 Å². The summed E-state index contributed by atoms with van der Waals surface area (Å²) < 4.78 is 0. The summed E-state index contributed by atoms with van der Waals surface area (Å²) in [5.41, 5.74) is 1.39. The van der Waals surface area contributed by atoms with Crippen molar-refractivity contribution < 1.29 is 14.7 Å². The maximum Gasteiger partial charge on any atom is 0.269 e. The van der Waals surface area contributed by atoms with Crippen molar-refractivity contribution in [3.05, 3.63) is 52.1 Å². The van der Waals surface area contributed by atoms with Gasteiger partial charge in [0.25, 0.3) is 5.69 Å². The predicted molar refractivity (Wildman–Crippen MR) is 91.9 cm³/mol. The highest BCUT2D eigenvalue weighted by Gasteiger charge is 2.38. The van der Waals surface area contributed by atoms with Gasteiger partial charge in [0.15, 0.2) is 0 Å². The second kappa shape index (κ2) is 6.65. The lowest BCUT2D eigenvalue weighted by Gasteiger charge is -2.32. The Morgan fingerprint density at radius 2 is 1.71 bits per heavy atom. The number of quaternary nitrogens is 2. The number of nitro benzene ring substituents is 1. The second-order valence-electron chi connectivity index (χ2n) is 7.84. The van der Waals surface area contributed by atoms with Crippen molar-refractivity contribution in [2.24, 2.45) is 17.8 Å². The lowest BCUT2D eigenvalue weighted by molar-refractivity contribution is -1.02. The Morgan fingerprint density at radius 1 is 1.00 bits per heavy atom. The van der Waals surface area contributed by atoms with Crippen LogP contribution in [0.3, 0.4) is 0 Å². The summed E-state index contributed by atoms with van der Waals surface area (Å²) >= 11 is 0. The molecule has 3 aliphatic rings. The number of fused-ring (bicyclic) bond motifs is 2. The third kappa shape index (κ3) is 3.37. The summed E-state index contributed by atoms with van der Waals surface area (Å²) in [6.07, 6.45) is 7.73. The molecule has 2 N–H and O–H groups in total. The molecule has 2 fully saturated rings. The number of non-ortho nitro benzene ring substituents is 1. The summed E-state index contributed by atoms with van der Waals surface area (Å²) in [7, 11) is 0. The van der Waals surface area contributed by atoms with Gasteiger partial charge in [-0.1, -0.05) is 12.2 Å². The van der Waals surface area contributed by atoms with E-state index in [0.717, 1.165) is 24.3 Å². The van der Waals surface area contributed by atoms with Crippen molar-refractivity contribution in [1.29, 1.82) is 0 Å². The summed E-state index contributed by atoms with van der Waals surface area (Å²) in [4.78, 5) is 13.8. The number of rotatable bonds is 5. The molecule has 128 valence electrons.